The lowest BCUT2D eigenvalue weighted by molar-refractivity contribution is 0.102. The van der Waals surface area contributed by atoms with Gasteiger partial charge in [-0.3, -0.25) is 9.48 Å². The largest absolute Gasteiger partial charge is 0.398 e. The molecule has 18 heavy (non-hydrogen) atoms. The van der Waals surface area contributed by atoms with Gasteiger partial charge in [-0.05, 0) is 31.5 Å². The van der Waals surface area contributed by atoms with Crippen LogP contribution >= 0.6 is 0 Å². The first-order valence-corrected chi connectivity index (χ1v) is 5.66. The molecule has 1 aromatic heterocycles. The monoisotopic (exact) mass is 244 g/mol. The van der Waals surface area contributed by atoms with Crippen molar-refractivity contribution in [2.75, 3.05) is 11.1 Å². The van der Waals surface area contributed by atoms with Crippen LogP contribution in [0.15, 0.2) is 24.3 Å². The average Bonchev–Trinajstić information content (AvgIpc) is 2.61. The van der Waals surface area contributed by atoms with Crippen molar-refractivity contribution in [1.82, 2.24) is 9.78 Å². The minimum absolute atomic E-state index is 0.196. The molecule has 0 aliphatic rings. The maximum Gasteiger partial charge on any atom is 0.257 e. The summed E-state index contributed by atoms with van der Waals surface area (Å²) in [5.74, 6) is 0.347. The van der Waals surface area contributed by atoms with Crippen LogP contribution in [0.3, 0.4) is 0 Å². The summed E-state index contributed by atoms with van der Waals surface area (Å²) in [5.41, 5.74) is 8.72. The molecule has 3 N–H and O–H groups in total. The van der Waals surface area contributed by atoms with Crippen molar-refractivity contribution in [2.24, 2.45) is 7.05 Å². The summed E-state index contributed by atoms with van der Waals surface area (Å²) in [6.07, 6.45) is 0. The van der Waals surface area contributed by atoms with Gasteiger partial charge in [0.2, 0.25) is 0 Å². The summed E-state index contributed by atoms with van der Waals surface area (Å²) in [6.45, 7) is 3.75. The number of carbonyl (C=O) groups is 1. The van der Waals surface area contributed by atoms with Crippen LogP contribution < -0.4 is 11.1 Å². The molecule has 0 bridgehead atoms. The quantitative estimate of drug-likeness (QED) is 0.792. The molecular weight excluding hydrogens is 228 g/mol. The molecule has 1 heterocycles. The Morgan fingerprint density at radius 1 is 1.39 bits per heavy atom. The van der Waals surface area contributed by atoms with Gasteiger partial charge in [-0.15, -0.1) is 0 Å². The van der Waals surface area contributed by atoms with Gasteiger partial charge in [0.25, 0.3) is 5.91 Å². The van der Waals surface area contributed by atoms with Gasteiger partial charge in [0.1, 0.15) is 0 Å². The number of nitrogens with one attached hydrogen (secondary N) is 1. The van der Waals surface area contributed by atoms with Gasteiger partial charge in [0.05, 0.1) is 0 Å². The molecule has 0 aliphatic carbocycles. The zero-order valence-electron chi connectivity index (χ0n) is 10.7. The third kappa shape index (κ3) is 2.20. The maximum absolute atomic E-state index is 12.1. The molecule has 0 aliphatic heterocycles. The van der Waals surface area contributed by atoms with E-state index in [0.717, 1.165) is 11.3 Å². The van der Waals surface area contributed by atoms with Crippen molar-refractivity contribution in [3.63, 3.8) is 0 Å². The van der Waals surface area contributed by atoms with E-state index in [1.807, 2.05) is 27.0 Å². The van der Waals surface area contributed by atoms with E-state index < -0.39 is 0 Å². The van der Waals surface area contributed by atoms with Gasteiger partial charge in [-0.2, -0.15) is 5.10 Å². The topological polar surface area (TPSA) is 72.9 Å². The minimum Gasteiger partial charge on any atom is -0.398 e. The number of benzene rings is 1. The number of anilines is 2. The first-order valence-electron chi connectivity index (χ1n) is 5.66. The van der Waals surface area contributed by atoms with Crippen molar-refractivity contribution >= 4 is 17.4 Å². The number of aromatic nitrogens is 2. The predicted molar refractivity (Wildman–Crippen MR) is 71.5 cm³/mol. The number of aryl methyl sites for hydroxylation is 2. The molecule has 0 radical (unpaired) electrons. The van der Waals surface area contributed by atoms with Crippen LogP contribution in [-0.4, -0.2) is 15.7 Å². The zero-order valence-corrected chi connectivity index (χ0v) is 10.7. The Morgan fingerprint density at radius 2 is 2.11 bits per heavy atom. The van der Waals surface area contributed by atoms with E-state index in [1.165, 1.54) is 0 Å². The summed E-state index contributed by atoms with van der Waals surface area (Å²) >= 11 is 0. The second-order valence-corrected chi connectivity index (χ2v) is 4.27. The number of carbonyl (C=O) groups excluding carboxylic acids is 1. The molecule has 2 rings (SSSR count). The lowest BCUT2D eigenvalue weighted by atomic mass is 10.1. The summed E-state index contributed by atoms with van der Waals surface area (Å²) in [5, 5.41) is 6.94. The Labute approximate surface area is 106 Å². The molecule has 5 nitrogen and oxygen atoms in total. The predicted octanol–water partition coefficient (Wildman–Crippen LogP) is 1.87. The van der Waals surface area contributed by atoms with Gasteiger partial charge >= 0.3 is 0 Å². The second kappa shape index (κ2) is 4.52. The number of amides is 1. The van der Waals surface area contributed by atoms with Crippen molar-refractivity contribution in [3.8, 4) is 0 Å². The highest BCUT2D eigenvalue weighted by atomic mass is 16.1. The normalized spacial score (nSPS) is 10.4. The Kier molecular flexibility index (Phi) is 3.06. The standard InChI is InChI=1S/C13H16N4O/c1-8-7-12(16-17(8)3)15-13(18)10-5-4-6-11(14)9(10)2/h4-7H,14H2,1-3H3,(H,15,16,18). The smallest absolute Gasteiger partial charge is 0.257 e. The van der Waals surface area contributed by atoms with Crippen molar-refractivity contribution in [2.45, 2.75) is 13.8 Å². The van der Waals surface area contributed by atoms with Gasteiger partial charge in [0.15, 0.2) is 5.82 Å². The van der Waals surface area contributed by atoms with Crippen LogP contribution in [0.4, 0.5) is 11.5 Å². The molecule has 0 fully saturated rings. The Morgan fingerprint density at radius 3 is 2.72 bits per heavy atom. The van der Waals surface area contributed by atoms with Crippen molar-refractivity contribution < 1.29 is 4.79 Å². The van der Waals surface area contributed by atoms with E-state index in [9.17, 15) is 4.79 Å². The molecule has 1 amide bonds. The molecule has 0 spiro atoms. The molecule has 1 aromatic carbocycles. The summed E-state index contributed by atoms with van der Waals surface area (Å²) in [7, 11) is 1.83. The van der Waals surface area contributed by atoms with Crippen molar-refractivity contribution in [3.05, 3.63) is 41.1 Å². The van der Waals surface area contributed by atoms with Crippen LogP contribution in [-0.2, 0) is 7.05 Å². The molecule has 5 heteroatoms. The molecule has 0 unspecified atom stereocenters. The third-order valence-corrected chi connectivity index (χ3v) is 2.98. The van der Waals surface area contributed by atoms with Crippen LogP contribution in [0.5, 0.6) is 0 Å². The lowest BCUT2D eigenvalue weighted by Gasteiger charge is -2.07. The average molecular weight is 244 g/mol. The molecule has 0 saturated carbocycles. The first-order chi connectivity index (χ1) is 8.49. The molecule has 0 saturated heterocycles. The fraction of sp³-hybridized carbons (Fsp3) is 0.231. The van der Waals surface area contributed by atoms with Crippen LogP contribution in [0, 0.1) is 13.8 Å². The molecular formula is C13H16N4O. The van der Waals surface area contributed by atoms with Gasteiger partial charge < -0.3 is 11.1 Å². The maximum atomic E-state index is 12.1. The van der Waals surface area contributed by atoms with Crippen molar-refractivity contribution in [1.29, 1.82) is 0 Å². The van der Waals surface area contributed by atoms with E-state index >= 15 is 0 Å². The number of nitrogens with two attached hydrogens (primary N) is 1. The highest BCUT2D eigenvalue weighted by Crippen LogP contribution is 2.17. The Hall–Kier alpha value is -2.30. The summed E-state index contributed by atoms with van der Waals surface area (Å²) in [6, 6.07) is 7.11. The molecule has 2 aromatic rings. The SMILES string of the molecule is Cc1c(N)cccc1C(=O)Nc1cc(C)n(C)n1. The number of nitrogens with zero attached hydrogens (tertiary/aromatic N) is 2. The summed E-state index contributed by atoms with van der Waals surface area (Å²) in [4.78, 5) is 12.1. The second-order valence-electron chi connectivity index (χ2n) is 4.27. The van der Waals surface area contributed by atoms with Gasteiger partial charge in [0, 0.05) is 30.1 Å². The Bertz CT molecular complexity index is 582. The van der Waals surface area contributed by atoms with E-state index in [2.05, 4.69) is 10.4 Å². The fourth-order valence-corrected chi connectivity index (χ4v) is 1.70. The number of hydrogen-bond donors (Lipinski definition) is 2. The number of nitrogen functional groups attached to an aromatic ring is 1. The highest BCUT2D eigenvalue weighted by Gasteiger charge is 2.12. The van der Waals surface area contributed by atoms with Gasteiger partial charge in [-0.1, -0.05) is 6.07 Å². The lowest BCUT2D eigenvalue weighted by Crippen LogP contribution is -2.14. The van der Waals surface area contributed by atoms with Crippen LogP contribution in [0.25, 0.3) is 0 Å². The van der Waals surface area contributed by atoms with Gasteiger partial charge in [-0.25, -0.2) is 0 Å². The highest BCUT2D eigenvalue weighted by molar-refractivity contribution is 6.05. The molecule has 94 valence electrons. The fourth-order valence-electron chi connectivity index (χ4n) is 1.70. The van der Waals surface area contributed by atoms with E-state index in [-0.39, 0.29) is 5.91 Å². The molecule has 0 atom stereocenters. The number of rotatable bonds is 2. The van der Waals surface area contributed by atoms with Crippen LogP contribution in [0.1, 0.15) is 21.6 Å². The zero-order chi connectivity index (χ0) is 13.3. The van der Waals surface area contributed by atoms with E-state index in [0.29, 0.717) is 17.1 Å². The van der Waals surface area contributed by atoms with E-state index in [1.54, 1.807) is 22.9 Å². The number of hydrogen-bond acceptors (Lipinski definition) is 3. The first kappa shape index (κ1) is 12.2. The van der Waals surface area contributed by atoms with Crippen LogP contribution in [0.2, 0.25) is 0 Å². The summed E-state index contributed by atoms with van der Waals surface area (Å²) < 4.78 is 1.71. The Balaban J connectivity index is 2.24. The van der Waals surface area contributed by atoms with E-state index in [4.69, 9.17) is 5.73 Å². The third-order valence-electron chi connectivity index (χ3n) is 2.98. The minimum atomic E-state index is -0.196.